The molecule has 0 saturated carbocycles. The van der Waals surface area contributed by atoms with Gasteiger partial charge in [-0.15, -0.1) is 0 Å². The largest absolute Gasteiger partial charge is 0.461 e. The van der Waals surface area contributed by atoms with E-state index < -0.39 is 11.7 Å². The van der Waals surface area contributed by atoms with Gasteiger partial charge in [0.25, 0.3) is 0 Å². The van der Waals surface area contributed by atoms with Crippen LogP contribution >= 0.6 is 23.2 Å². The molecule has 0 aliphatic rings. The van der Waals surface area contributed by atoms with E-state index in [2.05, 4.69) is 0 Å². The number of para-hydroxylation sites is 2. The zero-order valence-electron chi connectivity index (χ0n) is 12.5. The molecule has 0 unspecified atom stereocenters. The number of carbonyl (C=O) groups is 1. The monoisotopic (exact) mass is 365 g/mol. The SMILES string of the molecule is O=C(CCn1c(=O)oc2ccccc21)OCc1ccc(Cl)c(Cl)c1. The molecule has 0 saturated heterocycles. The van der Waals surface area contributed by atoms with Crippen LogP contribution in [0.15, 0.2) is 51.7 Å². The smallest absolute Gasteiger partial charge is 0.419 e. The van der Waals surface area contributed by atoms with Crippen LogP contribution in [0.4, 0.5) is 0 Å². The maximum atomic E-state index is 11.9. The van der Waals surface area contributed by atoms with Crippen LogP contribution in [-0.2, 0) is 22.7 Å². The summed E-state index contributed by atoms with van der Waals surface area (Å²) in [7, 11) is 0. The lowest BCUT2D eigenvalue weighted by Crippen LogP contribution is -2.17. The Hall–Kier alpha value is -2.24. The van der Waals surface area contributed by atoms with Crippen molar-refractivity contribution in [1.29, 1.82) is 0 Å². The van der Waals surface area contributed by atoms with Crippen molar-refractivity contribution in [2.24, 2.45) is 0 Å². The topological polar surface area (TPSA) is 61.4 Å². The van der Waals surface area contributed by atoms with Crippen molar-refractivity contribution < 1.29 is 13.9 Å². The standard InChI is InChI=1S/C17H13Cl2NO4/c18-12-6-5-11(9-13(12)19)10-23-16(21)7-8-20-14-3-1-2-4-15(14)24-17(20)22/h1-6,9H,7-8,10H2. The summed E-state index contributed by atoms with van der Waals surface area (Å²) in [6.45, 7) is 0.285. The fourth-order valence-corrected chi connectivity index (χ4v) is 2.61. The van der Waals surface area contributed by atoms with Crippen molar-refractivity contribution in [3.63, 3.8) is 0 Å². The lowest BCUT2D eigenvalue weighted by atomic mass is 10.2. The third-order valence-electron chi connectivity index (χ3n) is 3.50. The fraction of sp³-hybridized carbons (Fsp3) is 0.176. The predicted octanol–water partition coefficient (Wildman–Crippen LogP) is 4.03. The number of benzene rings is 2. The van der Waals surface area contributed by atoms with Gasteiger partial charge in [0.05, 0.1) is 22.0 Å². The van der Waals surface area contributed by atoms with E-state index in [-0.39, 0.29) is 19.6 Å². The number of hydrogen-bond acceptors (Lipinski definition) is 4. The Labute approximate surface area is 147 Å². The van der Waals surface area contributed by atoms with Crippen LogP contribution in [0, 0.1) is 0 Å². The van der Waals surface area contributed by atoms with E-state index in [0.717, 1.165) is 5.56 Å². The van der Waals surface area contributed by atoms with E-state index >= 15 is 0 Å². The fourth-order valence-electron chi connectivity index (χ4n) is 2.29. The van der Waals surface area contributed by atoms with E-state index in [0.29, 0.717) is 21.1 Å². The van der Waals surface area contributed by atoms with Crippen LogP contribution in [0.25, 0.3) is 11.1 Å². The molecule has 3 rings (SSSR count). The Morgan fingerprint density at radius 3 is 2.71 bits per heavy atom. The number of ether oxygens (including phenoxy) is 1. The summed E-state index contributed by atoms with van der Waals surface area (Å²) in [5, 5.41) is 0.847. The molecule has 7 heteroatoms. The first kappa shape index (κ1) is 16.6. The number of halogens is 2. The third-order valence-corrected chi connectivity index (χ3v) is 4.24. The molecule has 1 aromatic heterocycles. The number of rotatable bonds is 5. The van der Waals surface area contributed by atoms with E-state index in [1.54, 1.807) is 42.5 Å². The van der Waals surface area contributed by atoms with Crippen LogP contribution in [0.2, 0.25) is 10.0 Å². The predicted molar refractivity (Wildman–Crippen MR) is 91.3 cm³/mol. The van der Waals surface area contributed by atoms with Gasteiger partial charge in [-0.25, -0.2) is 4.79 Å². The zero-order chi connectivity index (χ0) is 17.1. The van der Waals surface area contributed by atoms with E-state index in [1.807, 2.05) is 0 Å². The molecule has 0 atom stereocenters. The second kappa shape index (κ2) is 7.11. The maximum absolute atomic E-state index is 11.9. The van der Waals surface area contributed by atoms with Gasteiger partial charge in [-0.05, 0) is 29.8 Å². The number of hydrogen-bond donors (Lipinski definition) is 0. The van der Waals surface area contributed by atoms with Crippen molar-refractivity contribution in [3.8, 4) is 0 Å². The molecule has 0 fully saturated rings. The number of aromatic nitrogens is 1. The van der Waals surface area contributed by atoms with Crippen molar-refractivity contribution >= 4 is 40.3 Å². The van der Waals surface area contributed by atoms with Gasteiger partial charge in [0.2, 0.25) is 0 Å². The van der Waals surface area contributed by atoms with Crippen LogP contribution in [0.5, 0.6) is 0 Å². The Morgan fingerprint density at radius 2 is 1.92 bits per heavy atom. The van der Waals surface area contributed by atoms with Gasteiger partial charge in [-0.1, -0.05) is 41.4 Å². The maximum Gasteiger partial charge on any atom is 0.419 e. The summed E-state index contributed by atoms with van der Waals surface area (Å²) >= 11 is 11.7. The minimum Gasteiger partial charge on any atom is -0.461 e. The Kier molecular flexibility index (Phi) is 4.92. The van der Waals surface area contributed by atoms with Crippen molar-refractivity contribution in [2.45, 2.75) is 19.6 Å². The molecule has 24 heavy (non-hydrogen) atoms. The highest BCUT2D eigenvalue weighted by Crippen LogP contribution is 2.23. The molecule has 0 aliphatic carbocycles. The average molecular weight is 366 g/mol. The lowest BCUT2D eigenvalue weighted by Gasteiger charge is -2.06. The molecule has 124 valence electrons. The molecule has 0 aliphatic heterocycles. The molecule has 0 amide bonds. The molecular formula is C17H13Cl2NO4. The number of nitrogens with zero attached hydrogens (tertiary/aromatic N) is 1. The van der Waals surface area contributed by atoms with Gasteiger partial charge in [-0.2, -0.15) is 0 Å². The zero-order valence-corrected chi connectivity index (χ0v) is 14.0. The molecule has 3 aromatic rings. The summed E-state index contributed by atoms with van der Waals surface area (Å²) in [5.74, 6) is -0.910. The van der Waals surface area contributed by atoms with Crippen molar-refractivity contribution in [1.82, 2.24) is 4.57 Å². The summed E-state index contributed by atoms with van der Waals surface area (Å²) in [6.07, 6.45) is 0.0603. The molecule has 0 radical (unpaired) electrons. The number of fused-ring (bicyclic) bond motifs is 1. The number of aryl methyl sites for hydroxylation is 1. The van der Waals surface area contributed by atoms with Crippen LogP contribution in [0.1, 0.15) is 12.0 Å². The summed E-state index contributed by atoms with van der Waals surface area (Å²) in [5.41, 5.74) is 1.88. The van der Waals surface area contributed by atoms with E-state index in [4.69, 9.17) is 32.4 Å². The molecule has 1 heterocycles. The minimum atomic E-state index is -0.492. The molecule has 2 aromatic carbocycles. The molecular weight excluding hydrogens is 353 g/mol. The first-order valence-corrected chi connectivity index (χ1v) is 7.98. The second-order valence-corrected chi connectivity index (χ2v) is 5.96. The van der Waals surface area contributed by atoms with Crippen molar-refractivity contribution in [2.75, 3.05) is 0 Å². The number of oxazole rings is 1. The Morgan fingerprint density at radius 1 is 1.12 bits per heavy atom. The minimum absolute atomic E-state index is 0.0603. The molecule has 5 nitrogen and oxygen atoms in total. The second-order valence-electron chi connectivity index (χ2n) is 5.15. The lowest BCUT2D eigenvalue weighted by molar-refractivity contribution is -0.145. The first-order chi connectivity index (χ1) is 11.5. The number of carbonyl (C=O) groups excluding carboxylic acids is 1. The van der Waals surface area contributed by atoms with Gasteiger partial charge < -0.3 is 9.15 Å². The quantitative estimate of drug-likeness (QED) is 0.640. The van der Waals surface area contributed by atoms with Gasteiger partial charge in [0.15, 0.2) is 5.58 Å². The first-order valence-electron chi connectivity index (χ1n) is 7.22. The third kappa shape index (κ3) is 3.63. The normalized spacial score (nSPS) is 10.9. The van der Waals surface area contributed by atoms with Gasteiger partial charge in [0, 0.05) is 6.54 Å². The van der Waals surface area contributed by atoms with Crippen LogP contribution in [0.3, 0.4) is 0 Å². The average Bonchev–Trinajstić information content (AvgIpc) is 2.89. The van der Waals surface area contributed by atoms with E-state index in [1.165, 1.54) is 4.57 Å². The highest BCUT2D eigenvalue weighted by Gasteiger charge is 2.11. The summed E-state index contributed by atoms with van der Waals surface area (Å²) in [6, 6.07) is 12.1. The van der Waals surface area contributed by atoms with Crippen LogP contribution < -0.4 is 5.76 Å². The van der Waals surface area contributed by atoms with Gasteiger partial charge in [-0.3, -0.25) is 9.36 Å². The van der Waals surface area contributed by atoms with Crippen LogP contribution in [-0.4, -0.2) is 10.5 Å². The molecule has 0 spiro atoms. The molecule has 0 N–H and O–H groups in total. The van der Waals surface area contributed by atoms with E-state index in [9.17, 15) is 9.59 Å². The van der Waals surface area contributed by atoms with Gasteiger partial charge in [0.1, 0.15) is 6.61 Å². The van der Waals surface area contributed by atoms with Crippen molar-refractivity contribution in [3.05, 3.63) is 68.6 Å². The molecule has 0 bridgehead atoms. The Balaban J connectivity index is 1.60. The van der Waals surface area contributed by atoms with Gasteiger partial charge >= 0.3 is 11.7 Å². The Bertz CT molecular complexity index is 945. The summed E-state index contributed by atoms with van der Waals surface area (Å²) in [4.78, 5) is 23.7. The summed E-state index contributed by atoms with van der Waals surface area (Å²) < 4.78 is 11.7. The highest BCUT2D eigenvalue weighted by molar-refractivity contribution is 6.42. The number of esters is 1. The highest BCUT2D eigenvalue weighted by atomic mass is 35.5.